The van der Waals surface area contributed by atoms with Gasteiger partial charge < -0.3 is 15.3 Å². The monoisotopic (exact) mass is 346 g/mol. The van der Waals surface area contributed by atoms with E-state index < -0.39 is 18.2 Å². The van der Waals surface area contributed by atoms with Gasteiger partial charge in [0.1, 0.15) is 6.10 Å². The van der Waals surface area contributed by atoms with Crippen LogP contribution in [0.15, 0.2) is 11.6 Å². The normalized spacial score (nSPS) is 35.2. The van der Waals surface area contributed by atoms with Gasteiger partial charge in [0.15, 0.2) is 0 Å². The van der Waals surface area contributed by atoms with Crippen molar-refractivity contribution in [2.45, 2.75) is 76.4 Å². The van der Waals surface area contributed by atoms with Crippen LogP contribution in [0.4, 0.5) is 0 Å². The highest BCUT2D eigenvalue weighted by molar-refractivity contribution is 5.66. The van der Waals surface area contributed by atoms with E-state index in [2.05, 4.69) is 17.9 Å². The van der Waals surface area contributed by atoms with Crippen LogP contribution in [-0.2, 0) is 4.79 Å². The molecule has 3 rings (SSSR count). The van der Waals surface area contributed by atoms with Gasteiger partial charge in [-0.15, -0.1) is 0 Å². The number of carbonyl (C=O) groups is 1. The Morgan fingerprint density at radius 1 is 1.20 bits per heavy atom. The first-order valence-electron chi connectivity index (χ1n) is 9.84. The van der Waals surface area contributed by atoms with Crippen molar-refractivity contribution in [1.82, 2.24) is 0 Å². The molecule has 0 aliphatic heterocycles. The third kappa shape index (κ3) is 4.46. The topological polar surface area (TPSA) is 77.8 Å². The van der Waals surface area contributed by atoms with Crippen molar-refractivity contribution in [3.05, 3.63) is 11.6 Å². The van der Waals surface area contributed by atoms with Crippen LogP contribution in [0.25, 0.3) is 0 Å². The maximum atomic E-state index is 10.6. The lowest BCUT2D eigenvalue weighted by Crippen LogP contribution is -2.44. The van der Waals surface area contributed by atoms with Crippen LogP contribution in [0.2, 0.25) is 0 Å². The molecule has 3 saturated carbocycles. The van der Waals surface area contributed by atoms with Gasteiger partial charge in [-0.25, -0.2) is 0 Å². The molecule has 0 spiro atoms. The molecule has 0 amide bonds. The van der Waals surface area contributed by atoms with Crippen molar-refractivity contribution in [2.75, 3.05) is 0 Å². The zero-order chi connectivity index (χ0) is 17.8. The molecule has 5 atom stereocenters. The van der Waals surface area contributed by atoms with Gasteiger partial charge in [-0.05, 0) is 56.3 Å². The minimum atomic E-state index is -0.757. The standard InChI is InChI=1S/C21H30O4/c22-19(14-5-2-1-3-6-14)11-10-17-18-13-15(7-4-8-21(24)25)16(18)9-12-20(17)23/h7,14,16-20,22-23H,1-6,8-9,12-13H2,(H,24,25)/b15-7+. The number of carboxylic acid groups (broad SMARTS) is 1. The molecule has 3 N–H and O–H groups in total. The number of aliphatic hydroxyl groups excluding tert-OH is 2. The molecule has 4 heteroatoms. The molecule has 3 aliphatic rings. The molecular weight excluding hydrogens is 316 g/mol. The van der Waals surface area contributed by atoms with Gasteiger partial charge in [0.25, 0.3) is 0 Å². The molecule has 0 aromatic rings. The lowest BCUT2D eigenvalue weighted by atomic mass is 9.57. The number of aliphatic hydroxyl groups is 2. The molecule has 138 valence electrons. The summed E-state index contributed by atoms with van der Waals surface area (Å²) in [6.45, 7) is 0. The molecule has 0 aromatic heterocycles. The van der Waals surface area contributed by atoms with Gasteiger partial charge >= 0.3 is 5.97 Å². The second kappa shape index (κ2) is 8.38. The van der Waals surface area contributed by atoms with Crippen LogP contribution in [-0.4, -0.2) is 33.5 Å². The fourth-order valence-electron chi connectivity index (χ4n) is 4.84. The number of fused-ring (bicyclic) bond motifs is 1. The highest BCUT2D eigenvalue weighted by Crippen LogP contribution is 2.51. The highest BCUT2D eigenvalue weighted by Gasteiger charge is 2.46. The average molecular weight is 346 g/mol. The van der Waals surface area contributed by atoms with Crippen LogP contribution < -0.4 is 0 Å². The molecule has 5 unspecified atom stereocenters. The summed E-state index contributed by atoms with van der Waals surface area (Å²) in [5.74, 6) is 6.59. The van der Waals surface area contributed by atoms with E-state index in [1.54, 1.807) is 0 Å². The average Bonchev–Trinajstić information content (AvgIpc) is 2.59. The number of hydrogen-bond acceptors (Lipinski definition) is 3. The molecule has 3 aliphatic carbocycles. The van der Waals surface area contributed by atoms with E-state index in [-0.39, 0.29) is 12.3 Å². The van der Waals surface area contributed by atoms with Crippen molar-refractivity contribution in [1.29, 1.82) is 0 Å². The maximum absolute atomic E-state index is 10.6. The van der Waals surface area contributed by atoms with Gasteiger partial charge in [0.05, 0.1) is 12.0 Å². The molecule has 0 aromatic carbocycles. The second-order valence-corrected chi connectivity index (χ2v) is 7.99. The number of aliphatic carboxylic acids is 1. The minimum absolute atomic E-state index is 0.0476. The number of hydrogen-bond donors (Lipinski definition) is 3. The smallest absolute Gasteiger partial charge is 0.303 e. The first-order valence-corrected chi connectivity index (χ1v) is 9.84. The summed E-state index contributed by atoms with van der Waals surface area (Å²) in [7, 11) is 0. The molecule has 4 nitrogen and oxygen atoms in total. The first kappa shape index (κ1) is 18.5. The Morgan fingerprint density at radius 2 is 1.96 bits per heavy atom. The van der Waals surface area contributed by atoms with Gasteiger partial charge in [-0.2, -0.15) is 0 Å². The summed E-state index contributed by atoms with van der Waals surface area (Å²) in [5, 5.41) is 29.5. The zero-order valence-corrected chi connectivity index (χ0v) is 14.9. The van der Waals surface area contributed by atoms with Crippen molar-refractivity contribution >= 4 is 5.97 Å². The second-order valence-electron chi connectivity index (χ2n) is 7.99. The summed E-state index contributed by atoms with van der Waals surface area (Å²) in [6, 6.07) is 0. The van der Waals surface area contributed by atoms with Gasteiger partial charge in [0.2, 0.25) is 0 Å². The van der Waals surface area contributed by atoms with E-state index in [1.165, 1.54) is 24.8 Å². The fourth-order valence-corrected chi connectivity index (χ4v) is 4.84. The summed E-state index contributed by atoms with van der Waals surface area (Å²) >= 11 is 0. The molecule has 0 bridgehead atoms. The lowest BCUT2D eigenvalue weighted by molar-refractivity contribution is -0.136. The van der Waals surface area contributed by atoms with Crippen LogP contribution in [0.5, 0.6) is 0 Å². The maximum Gasteiger partial charge on any atom is 0.303 e. The highest BCUT2D eigenvalue weighted by atomic mass is 16.4. The Hall–Kier alpha value is -1.31. The number of rotatable bonds is 4. The Bertz CT molecular complexity index is 564. The summed E-state index contributed by atoms with van der Waals surface area (Å²) in [5.41, 5.74) is 1.35. The predicted molar refractivity (Wildman–Crippen MR) is 95.6 cm³/mol. The summed E-state index contributed by atoms with van der Waals surface area (Å²) < 4.78 is 0. The van der Waals surface area contributed by atoms with Crippen LogP contribution in [0.3, 0.4) is 0 Å². The van der Waals surface area contributed by atoms with E-state index in [0.717, 1.165) is 32.1 Å². The van der Waals surface area contributed by atoms with E-state index in [9.17, 15) is 15.0 Å². The SMILES string of the molecule is O=C(O)CC/C=C1\CC2C1CCC(O)C2C#CC(O)C1CCCCC1. The summed E-state index contributed by atoms with van der Waals surface area (Å²) in [6.07, 6.45) is 10.3. The van der Waals surface area contributed by atoms with Crippen LogP contribution >= 0.6 is 0 Å². The Labute approximate surface area is 150 Å². The molecule has 3 fully saturated rings. The fraction of sp³-hybridized carbons (Fsp3) is 0.762. The van der Waals surface area contributed by atoms with Crippen molar-refractivity contribution < 1.29 is 20.1 Å². The lowest BCUT2D eigenvalue weighted by Gasteiger charge is -2.48. The quantitative estimate of drug-likeness (QED) is 0.540. The Kier molecular flexibility index (Phi) is 6.19. The Balaban J connectivity index is 1.58. The Morgan fingerprint density at radius 3 is 2.68 bits per heavy atom. The molecule has 0 radical (unpaired) electrons. The number of allylic oxidation sites excluding steroid dienone is 2. The van der Waals surface area contributed by atoms with E-state index in [1.807, 2.05) is 0 Å². The largest absolute Gasteiger partial charge is 0.481 e. The molecule has 0 saturated heterocycles. The van der Waals surface area contributed by atoms with Crippen molar-refractivity contribution in [3.63, 3.8) is 0 Å². The van der Waals surface area contributed by atoms with Gasteiger partial charge in [-0.1, -0.05) is 42.8 Å². The van der Waals surface area contributed by atoms with E-state index in [4.69, 9.17) is 5.11 Å². The van der Waals surface area contributed by atoms with Crippen molar-refractivity contribution in [3.8, 4) is 11.8 Å². The molecular formula is C21H30O4. The molecule has 0 heterocycles. The third-order valence-corrected chi connectivity index (χ3v) is 6.37. The number of carboxylic acids is 1. The van der Waals surface area contributed by atoms with Gasteiger partial charge in [0, 0.05) is 6.42 Å². The van der Waals surface area contributed by atoms with Gasteiger partial charge in [-0.3, -0.25) is 4.79 Å². The van der Waals surface area contributed by atoms with Crippen molar-refractivity contribution in [2.24, 2.45) is 23.7 Å². The molecule has 25 heavy (non-hydrogen) atoms. The first-order chi connectivity index (χ1) is 12.1. The van der Waals surface area contributed by atoms with E-state index >= 15 is 0 Å². The van der Waals surface area contributed by atoms with E-state index in [0.29, 0.717) is 24.2 Å². The summed E-state index contributed by atoms with van der Waals surface area (Å²) in [4.78, 5) is 10.6. The predicted octanol–water partition coefficient (Wildman–Crippen LogP) is 3.13. The van der Waals surface area contributed by atoms with Crippen LogP contribution in [0, 0.1) is 35.5 Å². The third-order valence-electron chi connectivity index (χ3n) is 6.37. The zero-order valence-electron chi connectivity index (χ0n) is 14.9. The van der Waals surface area contributed by atoms with Crippen LogP contribution in [0.1, 0.15) is 64.2 Å². The minimum Gasteiger partial charge on any atom is -0.481 e.